The molecule has 0 fully saturated rings. The predicted molar refractivity (Wildman–Crippen MR) is 66.3 cm³/mol. The van der Waals surface area contributed by atoms with E-state index in [1.54, 1.807) is 22.2 Å². The molecule has 3 N–H and O–H groups in total. The molecule has 3 rings (SSSR count). The largest absolute Gasteiger partial charge is 0.383 e. The molecule has 0 spiro atoms. The third-order valence-corrected chi connectivity index (χ3v) is 3.40. The molecule has 0 aliphatic heterocycles. The molecular formula is C10H10N6S. The smallest absolute Gasteiger partial charge is 0.133 e. The molecule has 7 heteroatoms. The lowest BCUT2D eigenvalue weighted by molar-refractivity contribution is 0.781. The second-order valence-corrected chi connectivity index (χ2v) is 4.51. The maximum atomic E-state index is 6.05. The van der Waals surface area contributed by atoms with Gasteiger partial charge in [0.1, 0.15) is 17.2 Å². The summed E-state index contributed by atoms with van der Waals surface area (Å²) in [6.45, 7) is 0. The van der Waals surface area contributed by atoms with E-state index in [9.17, 15) is 0 Å². The number of aryl methyl sites for hydroxylation is 1. The molecule has 0 saturated carbocycles. The number of hydrogen-bond donors (Lipinski definition) is 2. The van der Waals surface area contributed by atoms with Gasteiger partial charge in [-0.05, 0) is 11.4 Å². The topological polar surface area (TPSA) is 85.4 Å². The van der Waals surface area contributed by atoms with Crippen LogP contribution >= 0.6 is 11.3 Å². The SMILES string of the molecule is Cn1nc(-c2cn[nH]n2)c(-c2cccs2)c1N. The minimum Gasteiger partial charge on any atom is -0.383 e. The van der Waals surface area contributed by atoms with Crippen LogP contribution in [0.1, 0.15) is 0 Å². The van der Waals surface area contributed by atoms with E-state index in [0.29, 0.717) is 11.5 Å². The number of nitrogens with zero attached hydrogens (tertiary/aromatic N) is 4. The molecule has 3 aromatic rings. The number of rotatable bonds is 2. The van der Waals surface area contributed by atoms with Gasteiger partial charge in [-0.25, -0.2) is 0 Å². The van der Waals surface area contributed by atoms with Crippen molar-refractivity contribution in [2.75, 3.05) is 5.73 Å². The Morgan fingerprint density at radius 2 is 2.35 bits per heavy atom. The maximum absolute atomic E-state index is 6.05. The fourth-order valence-corrected chi connectivity index (χ4v) is 2.48. The van der Waals surface area contributed by atoms with Crippen molar-refractivity contribution < 1.29 is 0 Å². The summed E-state index contributed by atoms with van der Waals surface area (Å²) in [7, 11) is 1.82. The standard InChI is InChI=1S/C10H10N6S/c1-16-10(11)8(7-3-2-4-17-7)9(14-16)6-5-12-15-13-6/h2-5H,11H2,1H3,(H,12,13,15). The van der Waals surface area contributed by atoms with Gasteiger partial charge in [0.05, 0.1) is 11.8 Å². The predicted octanol–water partition coefficient (Wildman–Crippen LogP) is 1.52. The summed E-state index contributed by atoms with van der Waals surface area (Å²) in [6, 6.07) is 4.00. The van der Waals surface area contributed by atoms with E-state index >= 15 is 0 Å². The number of hydrogen-bond acceptors (Lipinski definition) is 5. The van der Waals surface area contributed by atoms with Crippen molar-refractivity contribution in [3.8, 4) is 21.8 Å². The molecule has 0 aliphatic carbocycles. The minimum absolute atomic E-state index is 0.630. The average molecular weight is 246 g/mol. The molecule has 86 valence electrons. The summed E-state index contributed by atoms with van der Waals surface area (Å²) in [5.74, 6) is 0.630. The zero-order valence-corrected chi connectivity index (χ0v) is 9.90. The second kappa shape index (κ2) is 3.70. The molecule has 3 heterocycles. The Hall–Kier alpha value is -2.15. The average Bonchev–Trinajstić information content (AvgIpc) is 3.01. The molecule has 0 radical (unpaired) electrons. The summed E-state index contributed by atoms with van der Waals surface area (Å²) in [4.78, 5) is 1.08. The Balaban J connectivity index is 2.26. The van der Waals surface area contributed by atoms with Gasteiger partial charge in [0.15, 0.2) is 0 Å². The lowest BCUT2D eigenvalue weighted by atomic mass is 10.1. The van der Waals surface area contributed by atoms with Crippen molar-refractivity contribution in [1.82, 2.24) is 25.2 Å². The molecular weight excluding hydrogens is 236 g/mol. The van der Waals surface area contributed by atoms with Crippen LogP contribution < -0.4 is 5.73 Å². The van der Waals surface area contributed by atoms with Gasteiger partial charge < -0.3 is 5.73 Å². The van der Waals surface area contributed by atoms with E-state index in [-0.39, 0.29) is 0 Å². The number of thiophene rings is 1. The highest BCUT2D eigenvalue weighted by atomic mass is 32.1. The number of anilines is 1. The molecule has 0 bridgehead atoms. The second-order valence-electron chi connectivity index (χ2n) is 3.56. The van der Waals surface area contributed by atoms with Crippen molar-refractivity contribution >= 4 is 17.2 Å². The van der Waals surface area contributed by atoms with E-state index in [1.165, 1.54) is 0 Å². The molecule has 3 aromatic heterocycles. The number of aromatic nitrogens is 5. The summed E-state index contributed by atoms with van der Waals surface area (Å²) in [5, 5.41) is 16.8. The van der Waals surface area contributed by atoms with E-state index < -0.39 is 0 Å². The number of nitrogen functional groups attached to an aromatic ring is 1. The number of nitrogens with two attached hydrogens (primary N) is 1. The molecule has 0 aromatic carbocycles. The van der Waals surface area contributed by atoms with Gasteiger partial charge >= 0.3 is 0 Å². The van der Waals surface area contributed by atoms with Crippen LogP contribution in [0.15, 0.2) is 23.7 Å². The van der Waals surface area contributed by atoms with Gasteiger partial charge in [-0.2, -0.15) is 20.5 Å². The van der Waals surface area contributed by atoms with Crippen molar-refractivity contribution in [2.45, 2.75) is 0 Å². The van der Waals surface area contributed by atoms with Gasteiger partial charge in [0.25, 0.3) is 0 Å². The Kier molecular flexibility index (Phi) is 2.19. The Morgan fingerprint density at radius 3 is 3.00 bits per heavy atom. The van der Waals surface area contributed by atoms with Crippen LogP contribution in [0.2, 0.25) is 0 Å². The molecule has 17 heavy (non-hydrogen) atoms. The van der Waals surface area contributed by atoms with E-state index in [2.05, 4.69) is 20.5 Å². The maximum Gasteiger partial charge on any atom is 0.133 e. The van der Waals surface area contributed by atoms with Gasteiger partial charge in [-0.1, -0.05) is 6.07 Å². The van der Waals surface area contributed by atoms with E-state index in [4.69, 9.17) is 5.73 Å². The summed E-state index contributed by atoms with van der Waals surface area (Å²) in [6.07, 6.45) is 1.64. The van der Waals surface area contributed by atoms with Crippen LogP contribution in [0.25, 0.3) is 21.8 Å². The van der Waals surface area contributed by atoms with E-state index in [0.717, 1.165) is 16.1 Å². The monoisotopic (exact) mass is 246 g/mol. The van der Waals surface area contributed by atoms with Crippen molar-refractivity contribution in [2.24, 2.45) is 7.05 Å². The first-order chi connectivity index (χ1) is 8.27. The van der Waals surface area contributed by atoms with Crippen LogP contribution in [-0.2, 0) is 7.05 Å². The highest BCUT2D eigenvalue weighted by Crippen LogP contribution is 2.37. The number of nitrogens with one attached hydrogen (secondary N) is 1. The highest BCUT2D eigenvalue weighted by Gasteiger charge is 2.19. The first-order valence-corrected chi connectivity index (χ1v) is 5.88. The van der Waals surface area contributed by atoms with Crippen LogP contribution in [0.3, 0.4) is 0 Å². The number of H-pyrrole nitrogens is 1. The zero-order valence-electron chi connectivity index (χ0n) is 9.08. The van der Waals surface area contributed by atoms with Gasteiger partial charge in [-0.15, -0.1) is 11.3 Å². The lowest BCUT2D eigenvalue weighted by Crippen LogP contribution is -1.97. The third kappa shape index (κ3) is 1.51. The first-order valence-electron chi connectivity index (χ1n) is 5.00. The molecule has 0 unspecified atom stereocenters. The summed E-state index contributed by atoms with van der Waals surface area (Å²) < 4.78 is 1.65. The minimum atomic E-state index is 0.630. The molecule has 0 aliphatic rings. The fourth-order valence-electron chi connectivity index (χ4n) is 1.70. The van der Waals surface area contributed by atoms with Gasteiger partial charge in [0, 0.05) is 11.9 Å². The first kappa shape index (κ1) is 10.0. The molecule has 0 saturated heterocycles. The van der Waals surface area contributed by atoms with Crippen molar-refractivity contribution in [3.05, 3.63) is 23.7 Å². The normalized spacial score (nSPS) is 10.9. The summed E-state index contributed by atoms with van der Waals surface area (Å²) >= 11 is 1.62. The van der Waals surface area contributed by atoms with Crippen LogP contribution in [0.5, 0.6) is 0 Å². The van der Waals surface area contributed by atoms with Gasteiger partial charge in [0.2, 0.25) is 0 Å². The highest BCUT2D eigenvalue weighted by molar-refractivity contribution is 7.13. The zero-order chi connectivity index (χ0) is 11.8. The van der Waals surface area contributed by atoms with Crippen molar-refractivity contribution in [3.63, 3.8) is 0 Å². The Bertz CT molecular complexity index is 622. The molecule has 0 amide bonds. The lowest BCUT2D eigenvalue weighted by Gasteiger charge is -1.98. The Morgan fingerprint density at radius 1 is 1.47 bits per heavy atom. The van der Waals surface area contributed by atoms with Gasteiger partial charge in [-0.3, -0.25) is 4.68 Å². The third-order valence-electron chi connectivity index (χ3n) is 2.52. The number of aromatic amines is 1. The van der Waals surface area contributed by atoms with Crippen molar-refractivity contribution in [1.29, 1.82) is 0 Å². The molecule has 6 nitrogen and oxygen atoms in total. The van der Waals surface area contributed by atoms with E-state index in [1.807, 2.05) is 24.6 Å². The van der Waals surface area contributed by atoms with Crippen LogP contribution in [0, 0.1) is 0 Å². The van der Waals surface area contributed by atoms with Crippen LogP contribution in [0.4, 0.5) is 5.82 Å². The Labute approximate surface area is 101 Å². The molecule has 0 atom stereocenters. The quantitative estimate of drug-likeness (QED) is 0.717. The van der Waals surface area contributed by atoms with Crippen LogP contribution in [-0.4, -0.2) is 25.2 Å². The summed E-state index contributed by atoms with van der Waals surface area (Å²) in [5.41, 5.74) is 8.41. The fraction of sp³-hybridized carbons (Fsp3) is 0.100.